The van der Waals surface area contributed by atoms with Crippen molar-refractivity contribution in [3.05, 3.63) is 146 Å². The molecule has 2 aliphatic heterocycles. The van der Waals surface area contributed by atoms with E-state index >= 15 is 0 Å². The van der Waals surface area contributed by atoms with Crippen LogP contribution < -0.4 is 24.8 Å². The van der Waals surface area contributed by atoms with E-state index in [-0.39, 0.29) is 47.6 Å². The van der Waals surface area contributed by atoms with Crippen molar-refractivity contribution in [1.82, 2.24) is 19.6 Å². The van der Waals surface area contributed by atoms with E-state index in [2.05, 4.69) is 20.6 Å². The fourth-order valence-corrected chi connectivity index (χ4v) is 11.2. The molecule has 0 fully saturated rings. The summed E-state index contributed by atoms with van der Waals surface area (Å²) in [6.45, 7) is 6.89. The van der Waals surface area contributed by atoms with Gasteiger partial charge in [0.1, 0.15) is 31.0 Å². The number of carboxylic acids is 1. The van der Waals surface area contributed by atoms with Gasteiger partial charge in [0.15, 0.2) is 26.9 Å². The Morgan fingerprint density at radius 3 is 2.35 bits per heavy atom. The van der Waals surface area contributed by atoms with Gasteiger partial charge in [-0.3, -0.25) is 14.6 Å². The van der Waals surface area contributed by atoms with Gasteiger partial charge in [0.25, 0.3) is 10.0 Å². The van der Waals surface area contributed by atoms with Gasteiger partial charge in [-0.05, 0) is 114 Å². The highest BCUT2D eigenvalue weighted by atomic mass is 35.5. The molecular weight excluding hydrogens is 914 g/mol. The monoisotopic (exact) mass is 955 g/mol. The zero-order valence-corrected chi connectivity index (χ0v) is 38.7. The summed E-state index contributed by atoms with van der Waals surface area (Å²) in [7, 11) is -4.47. The molecule has 6 aromatic rings. The van der Waals surface area contributed by atoms with Crippen LogP contribution in [0.4, 0.5) is 5.13 Å². The summed E-state index contributed by atoms with van der Waals surface area (Å²) in [4.78, 5) is 47.5. The molecule has 65 heavy (non-hydrogen) atoms. The molecule has 0 unspecified atom stereocenters. The first-order valence-corrected chi connectivity index (χ1v) is 23.5. The molecule has 336 valence electrons. The molecular formula is C47H43Cl2N5O9S2. The second kappa shape index (κ2) is 18.8. The summed E-state index contributed by atoms with van der Waals surface area (Å²) in [6.07, 6.45) is 1.06. The number of aliphatic carboxylic acids is 1. The predicted molar refractivity (Wildman–Crippen MR) is 246 cm³/mol. The van der Waals surface area contributed by atoms with E-state index in [4.69, 9.17) is 37.4 Å². The highest BCUT2D eigenvalue weighted by Crippen LogP contribution is 2.43. The average molecular weight is 957 g/mol. The fraction of sp³-hybridized carbons (Fsp3) is 0.255. The second-order valence-corrected chi connectivity index (χ2v) is 19.7. The summed E-state index contributed by atoms with van der Waals surface area (Å²) in [5.74, 6) is -1.09. The van der Waals surface area contributed by atoms with Gasteiger partial charge in [-0.1, -0.05) is 77.0 Å². The van der Waals surface area contributed by atoms with Crippen molar-refractivity contribution >= 4 is 67.5 Å². The first-order chi connectivity index (χ1) is 31.0. The Morgan fingerprint density at radius 2 is 1.65 bits per heavy atom. The van der Waals surface area contributed by atoms with Crippen LogP contribution >= 0.6 is 34.5 Å². The Balaban J connectivity index is 1.03. The Bertz CT molecular complexity index is 2930. The standard InChI is InChI=1S/C47H43Cl2N5O9S2/c1-25-26(2)50-16-15-36(25)31-8-5-29(6-9-31)18-39(45(57)58)53-44(56)40-19-33-20-41-42(21-34(33)22-54(40)65(59,60)46-27(3)51-47(64-46)52-28(4)55)63-43(24-62-41)32-10-12-35(13-11-32)61-23-30-7-14-37(48)38(49)17-30/h5-17,20-21,39-40,43H,18-19,22-24H2,1-4H3,(H,53,56)(H,57,58)(H,51,52,55)/t39-,40-,43+/m0/s1. The highest BCUT2D eigenvalue weighted by Gasteiger charge is 2.43. The molecule has 2 amide bonds. The van der Waals surface area contributed by atoms with E-state index in [1.165, 1.54) is 13.8 Å². The van der Waals surface area contributed by atoms with Crippen LogP contribution in [0.1, 0.15) is 57.8 Å². The molecule has 0 saturated heterocycles. The average Bonchev–Trinajstić information content (AvgIpc) is 3.66. The molecule has 0 radical (unpaired) electrons. The third kappa shape index (κ3) is 9.96. The molecule has 18 heteroatoms. The predicted octanol–water partition coefficient (Wildman–Crippen LogP) is 8.41. The van der Waals surface area contributed by atoms with Crippen molar-refractivity contribution in [3.8, 4) is 28.4 Å². The SMILES string of the molecule is CC(=O)Nc1nc(C)c(S(=O)(=O)N2Cc3cc4c(cc3C[C@H]2C(=O)N[C@@H](Cc2ccc(-c3ccnc(C)c3C)cc2)C(=O)O)OC[C@H](c2ccc(OCc3ccc(Cl)c(Cl)c3)cc2)O4)s1. The van der Waals surface area contributed by atoms with Crippen LogP contribution in [0.3, 0.4) is 0 Å². The minimum Gasteiger partial charge on any atom is -0.489 e. The third-order valence-electron chi connectivity index (χ3n) is 11.3. The zero-order chi connectivity index (χ0) is 46.2. The number of nitrogens with one attached hydrogen (secondary N) is 2. The lowest BCUT2D eigenvalue weighted by Gasteiger charge is -2.36. The molecule has 2 aromatic heterocycles. The van der Waals surface area contributed by atoms with Crippen molar-refractivity contribution in [2.45, 2.75) is 76.1 Å². The molecule has 4 heterocycles. The van der Waals surface area contributed by atoms with Crippen molar-refractivity contribution < 1.29 is 42.1 Å². The van der Waals surface area contributed by atoms with Crippen molar-refractivity contribution in [2.75, 3.05) is 11.9 Å². The molecule has 2 aliphatic rings. The maximum atomic E-state index is 14.7. The number of rotatable bonds is 13. The lowest BCUT2D eigenvalue weighted by Crippen LogP contribution is -2.55. The number of benzene rings is 4. The van der Waals surface area contributed by atoms with Gasteiger partial charge >= 0.3 is 5.97 Å². The van der Waals surface area contributed by atoms with Gasteiger partial charge in [0.05, 0.1) is 15.7 Å². The number of carbonyl (C=O) groups excluding carboxylic acids is 2. The van der Waals surface area contributed by atoms with Gasteiger partial charge in [-0.2, -0.15) is 4.31 Å². The van der Waals surface area contributed by atoms with Gasteiger partial charge in [-0.15, -0.1) is 0 Å². The van der Waals surface area contributed by atoms with Crippen molar-refractivity contribution in [1.29, 1.82) is 0 Å². The number of ether oxygens (including phenoxy) is 3. The number of sulfonamides is 1. The second-order valence-electron chi connectivity index (χ2n) is 15.8. The minimum absolute atomic E-state index is 0.0614. The van der Waals surface area contributed by atoms with E-state index in [0.29, 0.717) is 44.0 Å². The highest BCUT2D eigenvalue weighted by molar-refractivity contribution is 7.91. The largest absolute Gasteiger partial charge is 0.489 e. The number of fused-ring (bicyclic) bond motifs is 2. The van der Waals surface area contributed by atoms with Gasteiger partial charge in [-0.25, -0.2) is 18.2 Å². The quantitative estimate of drug-likeness (QED) is 0.101. The Labute approximate surface area is 389 Å². The lowest BCUT2D eigenvalue weighted by molar-refractivity contribution is -0.142. The van der Waals surface area contributed by atoms with Crippen LogP contribution in [0, 0.1) is 20.8 Å². The number of carboxylic acid groups (broad SMARTS) is 1. The van der Waals surface area contributed by atoms with Crippen LogP contribution in [0.15, 0.2) is 95.3 Å². The van der Waals surface area contributed by atoms with Gasteiger partial charge < -0.3 is 30.0 Å². The Kier molecular flexibility index (Phi) is 13.2. The number of halogens is 2. The van der Waals surface area contributed by atoms with Crippen molar-refractivity contribution in [3.63, 3.8) is 0 Å². The molecule has 3 N–H and O–H groups in total. The number of hydrogen-bond acceptors (Lipinski definition) is 11. The molecule has 3 atom stereocenters. The van der Waals surface area contributed by atoms with Crippen LogP contribution in [0.25, 0.3) is 11.1 Å². The van der Waals surface area contributed by atoms with E-state index in [1.54, 1.807) is 42.6 Å². The zero-order valence-electron chi connectivity index (χ0n) is 35.6. The first kappa shape index (κ1) is 45.5. The number of thiazole rings is 1. The number of amides is 2. The molecule has 4 aromatic carbocycles. The normalized spacial score (nSPS) is 16.3. The maximum absolute atomic E-state index is 14.7. The first-order valence-electron chi connectivity index (χ1n) is 20.5. The van der Waals surface area contributed by atoms with E-state index in [9.17, 15) is 27.9 Å². The van der Waals surface area contributed by atoms with Gasteiger partial charge in [0.2, 0.25) is 11.8 Å². The molecule has 14 nitrogen and oxygen atoms in total. The van der Waals surface area contributed by atoms with Crippen LogP contribution in [-0.2, 0) is 50.4 Å². The smallest absolute Gasteiger partial charge is 0.326 e. The molecule has 0 aliphatic carbocycles. The summed E-state index contributed by atoms with van der Waals surface area (Å²) in [6, 6.07) is 22.7. The van der Waals surface area contributed by atoms with E-state index < -0.39 is 46.0 Å². The summed E-state index contributed by atoms with van der Waals surface area (Å²) in [5.41, 5.74) is 7.50. The Morgan fingerprint density at radius 1 is 0.923 bits per heavy atom. The number of aromatic nitrogens is 2. The summed E-state index contributed by atoms with van der Waals surface area (Å²) >= 11 is 13.0. The number of aryl methyl sites for hydroxylation is 2. The Hall–Kier alpha value is -6.04. The third-order valence-corrected chi connectivity index (χ3v) is 15.6. The fourth-order valence-electron chi connectivity index (χ4n) is 7.75. The molecule has 0 spiro atoms. The van der Waals surface area contributed by atoms with Crippen LogP contribution in [-0.4, -0.2) is 64.3 Å². The van der Waals surface area contributed by atoms with E-state index in [0.717, 1.165) is 49.2 Å². The molecule has 0 bridgehead atoms. The topological polar surface area (TPSA) is 186 Å². The lowest BCUT2D eigenvalue weighted by atomic mass is 9.93. The van der Waals surface area contributed by atoms with E-state index in [1.807, 2.05) is 62.4 Å². The number of carbonyl (C=O) groups is 3. The maximum Gasteiger partial charge on any atom is 0.326 e. The van der Waals surface area contributed by atoms with Crippen LogP contribution in [0.5, 0.6) is 17.2 Å². The number of hydrogen-bond donors (Lipinski definition) is 3. The number of nitrogens with zero attached hydrogens (tertiary/aromatic N) is 3. The summed E-state index contributed by atoms with van der Waals surface area (Å²) < 4.78 is 48.8. The number of pyridine rings is 1. The molecule has 0 saturated carbocycles. The van der Waals surface area contributed by atoms with Gasteiger partial charge in [0, 0.05) is 31.8 Å². The van der Waals surface area contributed by atoms with Crippen LogP contribution in [0.2, 0.25) is 10.0 Å². The molecule has 8 rings (SSSR count). The minimum atomic E-state index is -4.47. The summed E-state index contributed by atoms with van der Waals surface area (Å²) in [5, 5.41) is 16.5. The van der Waals surface area contributed by atoms with Crippen molar-refractivity contribution in [2.24, 2.45) is 0 Å². The number of anilines is 1.